The minimum absolute atomic E-state index is 0.0778. The molecule has 1 aromatic carbocycles. The molecule has 1 unspecified atom stereocenters. The van der Waals surface area contributed by atoms with Gasteiger partial charge in [0.25, 0.3) is 11.8 Å². The number of rotatable bonds is 10. The van der Waals surface area contributed by atoms with Gasteiger partial charge in [0.15, 0.2) is 24.6 Å². The highest BCUT2D eigenvalue weighted by atomic mass is 16.5. The fraction of sp³-hybridized carbons (Fsp3) is 0.571. The number of benzene rings is 1. The van der Waals surface area contributed by atoms with E-state index in [1.54, 1.807) is 30.1 Å². The first-order valence-corrected chi connectivity index (χ1v) is 10.4. The Hall–Kier alpha value is -2.81. The Kier molecular flexibility index (Phi) is 8.91. The summed E-state index contributed by atoms with van der Waals surface area (Å²) >= 11 is 0. The van der Waals surface area contributed by atoms with E-state index >= 15 is 0 Å². The molecule has 1 aliphatic heterocycles. The summed E-state index contributed by atoms with van der Waals surface area (Å²) in [5.41, 5.74) is 5.98. The van der Waals surface area contributed by atoms with Gasteiger partial charge in [0.2, 0.25) is 5.91 Å². The standard InChI is InChI=1S/C21H32N4O5/c1-4-29-17-9-8-16(11-18(17)30-5-2)23-19(26)13-24(3)14-20(27)25-10-6-7-15(12-25)21(22)28/h8-9,11,15H,4-7,10,12-14H2,1-3H3,(H2,22,28)(H,23,26)/p+1/t15-/m0/s1. The van der Waals surface area contributed by atoms with Crippen molar-refractivity contribution in [1.29, 1.82) is 0 Å². The normalized spacial score (nSPS) is 17.2. The number of carbonyl (C=O) groups is 3. The molecule has 0 saturated carbocycles. The van der Waals surface area contributed by atoms with E-state index in [0.29, 0.717) is 43.5 Å². The quantitative estimate of drug-likeness (QED) is 0.478. The topological polar surface area (TPSA) is 115 Å². The van der Waals surface area contributed by atoms with Gasteiger partial charge < -0.3 is 30.3 Å². The maximum atomic E-state index is 12.5. The molecular formula is C21H33N4O5+. The molecular weight excluding hydrogens is 388 g/mol. The third kappa shape index (κ3) is 6.91. The summed E-state index contributed by atoms with van der Waals surface area (Å²) in [7, 11) is 1.79. The molecule has 0 spiro atoms. The minimum Gasteiger partial charge on any atom is -0.490 e. The lowest BCUT2D eigenvalue weighted by atomic mass is 9.97. The number of piperidine rings is 1. The first kappa shape index (κ1) is 23.5. The summed E-state index contributed by atoms with van der Waals surface area (Å²) < 4.78 is 11.1. The zero-order valence-corrected chi connectivity index (χ0v) is 18.0. The van der Waals surface area contributed by atoms with Gasteiger partial charge in [0.05, 0.1) is 26.2 Å². The van der Waals surface area contributed by atoms with Gasteiger partial charge in [-0.3, -0.25) is 14.4 Å². The molecule has 0 aromatic heterocycles. The number of ether oxygens (including phenoxy) is 2. The number of primary amides is 1. The van der Waals surface area contributed by atoms with Crippen molar-refractivity contribution in [2.24, 2.45) is 11.7 Å². The SMILES string of the molecule is CCOc1ccc(NC(=O)C[NH+](C)CC(=O)N2CCC[C@H](C(N)=O)C2)cc1OCC. The molecule has 0 radical (unpaired) electrons. The van der Waals surface area contributed by atoms with Crippen LogP contribution < -0.4 is 25.4 Å². The molecule has 30 heavy (non-hydrogen) atoms. The van der Waals surface area contributed by atoms with Crippen molar-refractivity contribution in [3.05, 3.63) is 18.2 Å². The Morgan fingerprint density at radius 2 is 1.87 bits per heavy atom. The number of nitrogens with two attached hydrogens (primary N) is 1. The highest BCUT2D eigenvalue weighted by molar-refractivity contribution is 5.92. The maximum absolute atomic E-state index is 12.5. The summed E-state index contributed by atoms with van der Waals surface area (Å²) in [5.74, 6) is 0.259. The van der Waals surface area contributed by atoms with Crippen LogP contribution in [0.1, 0.15) is 26.7 Å². The van der Waals surface area contributed by atoms with Gasteiger partial charge in [-0.2, -0.15) is 0 Å². The Balaban J connectivity index is 1.87. The van der Waals surface area contributed by atoms with Gasteiger partial charge in [-0.1, -0.05) is 0 Å². The second kappa shape index (κ2) is 11.4. The van der Waals surface area contributed by atoms with Crippen molar-refractivity contribution in [1.82, 2.24) is 4.90 Å². The summed E-state index contributed by atoms with van der Waals surface area (Å²) in [6.45, 7) is 6.06. The van der Waals surface area contributed by atoms with Gasteiger partial charge in [-0.15, -0.1) is 0 Å². The van der Waals surface area contributed by atoms with Crippen molar-refractivity contribution < 1.29 is 28.8 Å². The van der Waals surface area contributed by atoms with Gasteiger partial charge in [0, 0.05) is 24.8 Å². The molecule has 1 fully saturated rings. The van der Waals surface area contributed by atoms with Gasteiger partial charge >= 0.3 is 0 Å². The van der Waals surface area contributed by atoms with E-state index in [4.69, 9.17) is 15.2 Å². The van der Waals surface area contributed by atoms with Crippen LogP contribution in [0.4, 0.5) is 5.69 Å². The van der Waals surface area contributed by atoms with Crippen LogP contribution >= 0.6 is 0 Å². The fourth-order valence-electron chi connectivity index (χ4n) is 3.48. The van der Waals surface area contributed by atoms with Crippen molar-refractivity contribution in [2.45, 2.75) is 26.7 Å². The first-order chi connectivity index (χ1) is 14.3. The molecule has 0 bridgehead atoms. The lowest BCUT2D eigenvalue weighted by Crippen LogP contribution is -3.11. The molecule has 0 aliphatic carbocycles. The number of likely N-dealkylation sites (N-methyl/N-ethyl adjacent to an activating group) is 1. The molecule has 1 aliphatic rings. The van der Waals surface area contributed by atoms with Crippen LogP contribution in [0.15, 0.2) is 18.2 Å². The largest absolute Gasteiger partial charge is 0.490 e. The number of carbonyl (C=O) groups excluding carboxylic acids is 3. The molecule has 2 rings (SSSR count). The number of hydrogen-bond acceptors (Lipinski definition) is 5. The van der Waals surface area contributed by atoms with Crippen molar-refractivity contribution in [2.75, 3.05) is 51.8 Å². The molecule has 2 atom stereocenters. The van der Waals surface area contributed by atoms with Crippen LogP contribution in [-0.2, 0) is 14.4 Å². The summed E-state index contributed by atoms with van der Waals surface area (Å²) in [4.78, 5) is 38.8. The number of anilines is 1. The Morgan fingerprint density at radius 3 is 2.53 bits per heavy atom. The van der Waals surface area contributed by atoms with Crippen LogP contribution in [0.3, 0.4) is 0 Å². The monoisotopic (exact) mass is 421 g/mol. The average Bonchev–Trinajstić information content (AvgIpc) is 2.70. The molecule has 1 heterocycles. The third-order valence-corrected chi connectivity index (χ3v) is 4.92. The van der Waals surface area contributed by atoms with Crippen molar-refractivity contribution in [3.8, 4) is 11.5 Å². The number of hydrogen-bond donors (Lipinski definition) is 3. The van der Waals surface area contributed by atoms with Crippen molar-refractivity contribution in [3.63, 3.8) is 0 Å². The fourth-order valence-corrected chi connectivity index (χ4v) is 3.48. The molecule has 3 amide bonds. The molecule has 9 heteroatoms. The Morgan fingerprint density at radius 1 is 1.17 bits per heavy atom. The van der Waals surface area contributed by atoms with E-state index in [1.807, 2.05) is 13.8 Å². The number of likely N-dealkylation sites (tertiary alicyclic amines) is 1. The van der Waals surface area contributed by atoms with Crippen LogP contribution in [0.5, 0.6) is 11.5 Å². The zero-order chi connectivity index (χ0) is 22.1. The summed E-state index contributed by atoms with van der Waals surface area (Å²) in [5, 5.41) is 2.83. The summed E-state index contributed by atoms with van der Waals surface area (Å²) in [6, 6.07) is 5.24. The van der Waals surface area contributed by atoms with Gasteiger partial charge in [0.1, 0.15) is 0 Å². The smallest absolute Gasteiger partial charge is 0.279 e. The number of nitrogens with one attached hydrogen (secondary N) is 2. The Labute approximate surface area is 177 Å². The van der Waals surface area contributed by atoms with E-state index in [9.17, 15) is 14.4 Å². The molecule has 9 nitrogen and oxygen atoms in total. The van der Waals surface area contributed by atoms with E-state index < -0.39 is 0 Å². The second-order valence-corrected chi connectivity index (χ2v) is 7.47. The highest BCUT2D eigenvalue weighted by Gasteiger charge is 2.28. The lowest BCUT2D eigenvalue weighted by Gasteiger charge is -2.31. The summed E-state index contributed by atoms with van der Waals surface area (Å²) in [6.07, 6.45) is 1.48. The van der Waals surface area contributed by atoms with Crippen LogP contribution in [-0.4, -0.2) is 69.1 Å². The van der Waals surface area contributed by atoms with Crippen molar-refractivity contribution >= 4 is 23.4 Å². The van der Waals surface area contributed by atoms with E-state index in [0.717, 1.165) is 17.7 Å². The van der Waals surface area contributed by atoms with E-state index in [1.165, 1.54) is 0 Å². The number of nitrogens with zero attached hydrogens (tertiary/aromatic N) is 1. The maximum Gasteiger partial charge on any atom is 0.279 e. The highest BCUT2D eigenvalue weighted by Crippen LogP contribution is 2.30. The molecule has 1 aromatic rings. The van der Waals surface area contributed by atoms with E-state index in [-0.39, 0.29) is 36.7 Å². The van der Waals surface area contributed by atoms with E-state index in [2.05, 4.69) is 5.32 Å². The Bertz CT molecular complexity index is 755. The molecule has 1 saturated heterocycles. The number of quaternary nitrogens is 1. The first-order valence-electron chi connectivity index (χ1n) is 10.4. The second-order valence-electron chi connectivity index (χ2n) is 7.47. The van der Waals surface area contributed by atoms with Gasteiger partial charge in [-0.05, 0) is 38.8 Å². The molecule has 4 N–H and O–H groups in total. The van der Waals surface area contributed by atoms with Crippen LogP contribution in [0.25, 0.3) is 0 Å². The average molecular weight is 422 g/mol. The zero-order valence-electron chi connectivity index (χ0n) is 18.0. The van der Waals surface area contributed by atoms with Crippen LogP contribution in [0, 0.1) is 5.92 Å². The number of amides is 3. The molecule has 166 valence electrons. The predicted octanol–water partition coefficient (Wildman–Crippen LogP) is -0.339. The minimum atomic E-state index is -0.366. The predicted molar refractivity (Wildman–Crippen MR) is 113 cm³/mol. The van der Waals surface area contributed by atoms with Gasteiger partial charge in [-0.25, -0.2) is 0 Å². The third-order valence-electron chi connectivity index (χ3n) is 4.92. The lowest BCUT2D eigenvalue weighted by molar-refractivity contribution is -0.862. The van der Waals surface area contributed by atoms with Crippen LogP contribution in [0.2, 0.25) is 0 Å².